The Morgan fingerprint density at radius 2 is 1.91 bits per heavy atom. The van der Waals surface area contributed by atoms with E-state index in [1.54, 1.807) is 21.0 Å². The molecule has 1 unspecified atom stereocenters. The lowest BCUT2D eigenvalue weighted by atomic mass is 10.0. The van der Waals surface area contributed by atoms with E-state index in [4.69, 9.17) is 10.5 Å². The minimum absolute atomic E-state index is 0.142. The number of aromatic nitrogens is 2. The number of benzene rings is 1. The van der Waals surface area contributed by atoms with Crippen molar-refractivity contribution in [2.45, 2.75) is 26.4 Å². The Balaban J connectivity index is 2.48. The Kier molecular flexibility index (Phi) is 5.16. The van der Waals surface area contributed by atoms with Crippen molar-refractivity contribution in [1.82, 2.24) is 14.9 Å². The number of rotatable bonds is 5. The number of ether oxygens (including phenoxy) is 1. The third kappa shape index (κ3) is 3.77. The highest BCUT2D eigenvalue weighted by Gasteiger charge is 2.26. The fourth-order valence-corrected chi connectivity index (χ4v) is 2.33. The summed E-state index contributed by atoms with van der Waals surface area (Å²) in [6.07, 6.45) is 0.277. The maximum atomic E-state index is 12.5. The lowest BCUT2D eigenvalue weighted by Crippen LogP contribution is -2.27. The molecular weight excluding hydrogens is 292 g/mol. The van der Waals surface area contributed by atoms with E-state index in [0.29, 0.717) is 23.4 Å². The smallest absolute Gasteiger partial charge is 0.257 e. The van der Waals surface area contributed by atoms with Gasteiger partial charge in [-0.3, -0.25) is 4.79 Å². The molecule has 0 aliphatic carbocycles. The third-order valence-electron chi connectivity index (χ3n) is 3.45. The van der Waals surface area contributed by atoms with Crippen LogP contribution in [-0.2, 0) is 0 Å². The lowest BCUT2D eigenvalue weighted by molar-refractivity contribution is 0.0819. The van der Waals surface area contributed by atoms with Crippen LogP contribution in [0.4, 0.5) is 5.95 Å². The zero-order valence-electron chi connectivity index (χ0n) is 13.9. The highest BCUT2D eigenvalue weighted by Crippen LogP contribution is 2.28. The van der Waals surface area contributed by atoms with E-state index >= 15 is 0 Å². The van der Waals surface area contributed by atoms with Crippen molar-refractivity contribution in [2.24, 2.45) is 0 Å². The molecule has 0 aliphatic heterocycles. The third-order valence-corrected chi connectivity index (χ3v) is 3.45. The van der Waals surface area contributed by atoms with Crippen LogP contribution in [0.25, 0.3) is 0 Å². The monoisotopic (exact) mass is 314 g/mol. The summed E-state index contributed by atoms with van der Waals surface area (Å²) < 4.78 is 6.01. The van der Waals surface area contributed by atoms with Crippen LogP contribution in [0.1, 0.15) is 41.2 Å². The van der Waals surface area contributed by atoms with Crippen LogP contribution in [0.2, 0.25) is 0 Å². The van der Waals surface area contributed by atoms with Crippen molar-refractivity contribution in [3.8, 4) is 5.75 Å². The predicted octanol–water partition coefficient (Wildman–Crippen LogP) is 2.60. The van der Waals surface area contributed by atoms with Gasteiger partial charge in [0.25, 0.3) is 5.91 Å². The number of para-hydroxylation sites is 1. The predicted molar refractivity (Wildman–Crippen MR) is 89.3 cm³/mol. The van der Waals surface area contributed by atoms with Gasteiger partial charge in [0.05, 0.1) is 17.0 Å². The van der Waals surface area contributed by atoms with Gasteiger partial charge in [0.1, 0.15) is 11.9 Å². The van der Waals surface area contributed by atoms with Crippen LogP contribution >= 0.6 is 0 Å². The molecule has 122 valence electrons. The second-order valence-electron chi connectivity index (χ2n) is 5.45. The van der Waals surface area contributed by atoms with E-state index in [-0.39, 0.29) is 18.0 Å². The van der Waals surface area contributed by atoms with Gasteiger partial charge in [-0.15, -0.1) is 0 Å². The van der Waals surface area contributed by atoms with E-state index in [1.165, 1.54) is 4.90 Å². The topological polar surface area (TPSA) is 81.3 Å². The molecule has 1 heterocycles. The first-order valence-corrected chi connectivity index (χ1v) is 7.51. The summed E-state index contributed by atoms with van der Waals surface area (Å²) in [7, 11) is 3.39. The highest BCUT2D eigenvalue weighted by atomic mass is 16.5. The molecule has 0 radical (unpaired) electrons. The molecule has 1 atom stereocenters. The normalized spacial score (nSPS) is 11.8. The Hall–Kier alpha value is -2.63. The molecule has 0 spiro atoms. The van der Waals surface area contributed by atoms with Crippen LogP contribution in [-0.4, -0.2) is 34.9 Å². The zero-order valence-corrected chi connectivity index (χ0v) is 13.9. The van der Waals surface area contributed by atoms with E-state index in [9.17, 15) is 4.79 Å². The van der Waals surface area contributed by atoms with Gasteiger partial charge in [0, 0.05) is 14.1 Å². The van der Waals surface area contributed by atoms with Gasteiger partial charge >= 0.3 is 0 Å². The molecule has 6 heteroatoms. The van der Waals surface area contributed by atoms with Crippen LogP contribution < -0.4 is 10.5 Å². The molecule has 2 N–H and O–H groups in total. The molecule has 6 nitrogen and oxygen atoms in total. The molecule has 0 aliphatic rings. The molecule has 23 heavy (non-hydrogen) atoms. The van der Waals surface area contributed by atoms with Crippen molar-refractivity contribution >= 4 is 11.9 Å². The van der Waals surface area contributed by atoms with Crippen LogP contribution in [0.3, 0.4) is 0 Å². The number of carbonyl (C=O) groups excluding carboxylic acids is 1. The Morgan fingerprint density at radius 3 is 2.48 bits per heavy atom. The summed E-state index contributed by atoms with van der Waals surface area (Å²) in [4.78, 5) is 22.4. The number of anilines is 1. The molecule has 0 bridgehead atoms. The van der Waals surface area contributed by atoms with Crippen LogP contribution in [0.5, 0.6) is 5.75 Å². The number of nitrogens with two attached hydrogens (primary N) is 1. The van der Waals surface area contributed by atoms with Gasteiger partial charge in [-0.05, 0) is 25.5 Å². The first-order valence-electron chi connectivity index (χ1n) is 7.51. The number of amides is 1. The fraction of sp³-hybridized carbons (Fsp3) is 0.353. The molecule has 0 fully saturated rings. The number of nitrogen functional groups attached to an aromatic ring is 1. The second kappa shape index (κ2) is 7.09. The summed E-state index contributed by atoms with van der Waals surface area (Å²) in [5.41, 5.74) is 7.32. The number of carbonyl (C=O) groups is 1. The quantitative estimate of drug-likeness (QED) is 0.917. The van der Waals surface area contributed by atoms with E-state index in [1.807, 2.05) is 37.3 Å². The Labute approximate surface area is 136 Å². The lowest BCUT2D eigenvalue weighted by Gasteiger charge is -2.22. The van der Waals surface area contributed by atoms with Gasteiger partial charge in [-0.25, -0.2) is 9.97 Å². The number of aryl methyl sites for hydroxylation is 1. The largest absolute Gasteiger partial charge is 0.484 e. The number of nitrogens with zero attached hydrogens (tertiary/aromatic N) is 3. The average molecular weight is 314 g/mol. The molecule has 0 saturated carbocycles. The van der Waals surface area contributed by atoms with Gasteiger partial charge in [0.2, 0.25) is 5.95 Å². The van der Waals surface area contributed by atoms with Crippen LogP contribution in [0, 0.1) is 6.92 Å². The minimum Gasteiger partial charge on any atom is -0.484 e. The summed E-state index contributed by atoms with van der Waals surface area (Å²) in [6, 6.07) is 9.45. The second-order valence-corrected chi connectivity index (χ2v) is 5.45. The molecule has 1 aromatic heterocycles. The van der Waals surface area contributed by atoms with E-state index in [2.05, 4.69) is 9.97 Å². The number of hydrogen-bond donors (Lipinski definition) is 1. The summed E-state index contributed by atoms with van der Waals surface area (Å²) in [5.74, 6) is 0.702. The molecule has 1 aromatic carbocycles. The maximum absolute atomic E-state index is 12.5. The van der Waals surface area contributed by atoms with Crippen molar-refractivity contribution in [1.29, 1.82) is 0 Å². The fourth-order valence-electron chi connectivity index (χ4n) is 2.33. The highest BCUT2D eigenvalue weighted by molar-refractivity contribution is 5.96. The van der Waals surface area contributed by atoms with E-state index in [0.717, 1.165) is 5.75 Å². The summed E-state index contributed by atoms with van der Waals surface area (Å²) >= 11 is 0. The summed E-state index contributed by atoms with van der Waals surface area (Å²) in [6.45, 7) is 3.73. The first kappa shape index (κ1) is 16.7. The zero-order chi connectivity index (χ0) is 17.0. The molecule has 1 amide bonds. The van der Waals surface area contributed by atoms with Gasteiger partial charge in [-0.2, -0.15) is 0 Å². The van der Waals surface area contributed by atoms with Gasteiger partial charge in [-0.1, -0.05) is 25.1 Å². The first-order chi connectivity index (χ1) is 10.9. The Bertz CT molecular complexity index is 686. The molecular formula is C17H22N4O2. The van der Waals surface area contributed by atoms with Crippen LogP contribution in [0.15, 0.2) is 30.3 Å². The SMILES string of the molecule is CCC(Oc1ccccc1)c1nc(N)nc(C)c1C(=O)N(C)C. The molecule has 2 aromatic rings. The van der Waals surface area contributed by atoms with Gasteiger partial charge < -0.3 is 15.4 Å². The standard InChI is InChI=1S/C17H22N4O2/c1-5-13(23-12-9-7-6-8-10-12)15-14(16(22)21(3)4)11(2)19-17(18)20-15/h6-10,13H,5H2,1-4H3,(H2,18,19,20). The molecule has 2 rings (SSSR count). The summed E-state index contributed by atoms with van der Waals surface area (Å²) in [5, 5.41) is 0. The van der Waals surface area contributed by atoms with Crippen molar-refractivity contribution < 1.29 is 9.53 Å². The van der Waals surface area contributed by atoms with Crippen molar-refractivity contribution in [3.05, 3.63) is 47.3 Å². The number of hydrogen-bond acceptors (Lipinski definition) is 5. The van der Waals surface area contributed by atoms with Crippen molar-refractivity contribution in [2.75, 3.05) is 19.8 Å². The average Bonchev–Trinajstić information content (AvgIpc) is 2.52. The van der Waals surface area contributed by atoms with E-state index < -0.39 is 0 Å². The van der Waals surface area contributed by atoms with Crippen molar-refractivity contribution in [3.63, 3.8) is 0 Å². The Morgan fingerprint density at radius 1 is 1.26 bits per heavy atom. The molecule has 0 saturated heterocycles. The minimum atomic E-state index is -0.375. The maximum Gasteiger partial charge on any atom is 0.257 e. The van der Waals surface area contributed by atoms with Gasteiger partial charge in [0.15, 0.2) is 0 Å².